The monoisotopic (exact) mass is 351 g/mol. The molecule has 2 aromatic rings. The summed E-state index contributed by atoms with van der Waals surface area (Å²) in [6.07, 6.45) is 3.54. The van der Waals surface area contributed by atoms with E-state index in [2.05, 4.69) is 10.3 Å². The van der Waals surface area contributed by atoms with E-state index in [9.17, 15) is 4.79 Å². The minimum Gasteiger partial charge on any atom is -0.327 e. The standard InChI is InChI=1S/C17H21N3OS.ClH/c1-2-13(11-6-4-3-5-7-11)16(21)20-17-19-14-9-8-12(18)10-15(14)22-17;/h3-7,12-13H,2,8-10,18H2,1H3,(H,19,20,21);1H/t12-,13?;/m0./s1. The molecular weight excluding hydrogens is 330 g/mol. The van der Waals surface area contributed by atoms with Crippen LogP contribution in [0.15, 0.2) is 30.3 Å². The Kier molecular flexibility index (Phi) is 6.16. The normalized spacial score (nSPS) is 17.7. The summed E-state index contributed by atoms with van der Waals surface area (Å²) in [4.78, 5) is 18.3. The topological polar surface area (TPSA) is 68.0 Å². The van der Waals surface area contributed by atoms with E-state index in [1.165, 1.54) is 4.88 Å². The predicted octanol–water partition coefficient (Wildman–Crippen LogP) is 3.51. The number of nitrogens with two attached hydrogens (primary N) is 1. The molecule has 0 radical (unpaired) electrons. The molecule has 124 valence electrons. The van der Waals surface area contributed by atoms with Crippen LogP contribution in [-0.4, -0.2) is 16.9 Å². The van der Waals surface area contributed by atoms with Crippen LogP contribution in [-0.2, 0) is 17.6 Å². The zero-order chi connectivity index (χ0) is 15.5. The summed E-state index contributed by atoms with van der Waals surface area (Å²) in [5.74, 6) is -0.117. The SMILES string of the molecule is CCC(C(=O)Nc1nc2c(s1)C[C@@H](N)CC2)c1ccccc1.Cl. The highest BCUT2D eigenvalue weighted by atomic mass is 35.5. The average Bonchev–Trinajstić information content (AvgIpc) is 2.90. The third kappa shape index (κ3) is 4.10. The lowest BCUT2D eigenvalue weighted by Gasteiger charge is -2.15. The van der Waals surface area contributed by atoms with Crippen LogP contribution in [0.25, 0.3) is 0 Å². The average molecular weight is 352 g/mol. The third-order valence-corrected chi connectivity index (χ3v) is 5.17. The number of carbonyl (C=O) groups is 1. The Labute approximate surface area is 146 Å². The van der Waals surface area contributed by atoms with Gasteiger partial charge in [0, 0.05) is 10.9 Å². The molecule has 1 aliphatic carbocycles. The number of amides is 1. The molecule has 1 amide bonds. The molecule has 3 rings (SSSR count). The number of nitrogens with zero attached hydrogens (tertiary/aromatic N) is 1. The third-order valence-electron chi connectivity index (χ3n) is 4.13. The second-order valence-electron chi connectivity index (χ2n) is 5.75. The van der Waals surface area contributed by atoms with Crippen LogP contribution in [0.4, 0.5) is 5.13 Å². The first-order chi connectivity index (χ1) is 10.7. The van der Waals surface area contributed by atoms with Gasteiger partial charge in [0.1, 0.15) is 0 Å². The lowest BCUT2D eigenvalue weighted by molar-refractivity contribution is -0.117. The minimum absolute atomic E-state index is 0. The lowest BCUT2D eigenvalue weighted by atomic mass is 9.96. The van der Waals surface area contributed by atoms with Gasteiger partial charge in [0.2, 0.25) is 5.91 Å². The van der Waals surface area contributed by atoms with Crippen molar-refractivity contribution in [3.63, 3.8) is 0 Å². The highest BCUT2D eigenvalue weighted by molar-refractivity contribution is 7.15. The fourth-order valence-electron chi connectivity index (χ4n) is 2.90. The molecule has 0 bridgehead atoms. The maximum absolute atomic E-state index is 12.6. The van der Waals surface area contributed by atoms with Crippen molar-refractivity contribution in [2.24, 2.45) is 5.73 Å². The molecule has 0 saturated carbocycles. The van der Waals surface area contributed by atoms with Gasteiger partial charge in [0.15, 0.2) is 5.13 Å². The van der Waals surface area contributed by atoms with E-state index in [0.717, 1.165) is 36.9 Å². The molecule has 0 saturated heterocycles. The van der Waals surface area contributed by atoms with E-state index in [4.69, 9.17) is 5.73 Å². The molecule has 1 aromatic carbocycles. The van der Waals surface area contributed by atoms with Gasteiger partial charge in [0.25, 0.3) is 0 Å². The highest BCUT2D eigenvalue weighted by Crippen LogP contribution is 2.30. The molecule has 1 unspecified atom stereocenters. The number of rotatable bonds is 4. The summed E-state index contributed by atoms with van der Waals surface area (Å²) >= 11 is 1.57. The van der Waals surface area contributed by atoms with Crippen LogP contribution < -0.4 is 11.1 Å². The van der Waals surface area contributed by atoms with Crippen LogP contribution in [0.3, 0.4) is 0 Å². The van der Waals surface area contributed by atoms with E-state index in [0.29, 0.717) is 5.13 Å². The summed E-state index contributed by atoms with van der Waals surface area (Å²) in [7, 11) is 0. The summed E-state index contributed by atoms with van der Waals surface area (Å²) in [5, 5.41) is 3.70. The number of thiazole rings is 1. The number of fused-ring (bicyclic) bond motifs is 1. The molecular formula is C17H22ClN3OS. The number of anilines is 1. The van der Waals surface area contributed by atoms with Crippen LogP contribution in [0.5, 0.6) is 0 Å². The largest absolute Gasteiger partial charge is 0.327 e. The number of aryl methyl sites for hydroxylation is 1. The molecule has 2 atom stereocenters. The molecule has 4 nitrogen and oxygen atoms in total. The molecule has 3 N–H and O–H groups in total. The number of carbonyl (C=O) groups excluding carboxylic acids is 1. The predicted molar refractivity (Wildman–Crippen MR) is 97.5 cm³/mol. The van der Waals surface area contributed by atoms with Crippen molar-refractivity contribution >= 4 is 34.8 Å². The van der Waals surface area contributed by atoms with Crippen molar-refractivity contribution < 1.29 is 4.79 Å². The number of nitrogens with one attached hydrogen (secondary N) is 1. The van der Waals surface area contributed by atoms with Gasteiger partial charge < -0.3 is 11.1 Å². The molecule has 0 fully saturated rings. The van der Waals surface area contributed by atoms with Gasteiger partial charge in [-0.3, -0.25) is 4.79 Å². The molecule has 0 spiro atoms. The maximum Gasteiger partial charge on any atom is 0.233 e. The van der Waals surface area contributed by atoms with Crippen molar-refractivity contribution in [3.05, 3.63) is 46.5 Å². The van der Waals surface area contributed by atoms with Gasteiger partial charge in [-0.15, -0.1) is 23.7 Å². The Morgan fingerprint density at radius 1 is 1.43 bits per heavy atom. The van der Waals surface area contributed by atoms with E-state index in [1.807, 2.05) is 37.3 Å². The quantitative estimate of drug-likeness (QED) is 0.885. The van der Waals surface area contributed by atoms with Gasteiger partial charge in [-0.05, 0) is 31.2 Å². The minimum atomic E-state index is -0.135. The first kappa shape index (κ1) is 17.9. The Balaban J connectivity index is 0.00000192. The zero-order valence-corrected chi connectivity index (χ0v) is 14.8. The van der Waals surface area contributed by atoms with Crippen LogP contribution in [0.2, 0.25) is 0 Å². The zero-order valence-electron chi connectivity index (χ0n) is 13.1. The Hall–Kier alpha value is -1.43. The second-order valence-corrected chi connectivity index (χ2v) is 6.84. The summed E-state index contributed by atoms with van der Waals surface area (Å²) in [5.41, 5.74) is 8.15. The van der Waals surface area contributed by atoms with Gasteiger partial charge >= 0.3 is 0 Å². The maximum atomic E-state index is 12.6. The molecule has 6 heteroatoms. The van der Waals surface area contributed by atoms with Crippen molar-refractivity contribution in [3.8, 4) is 0 Å². The summed E-state index contributed by atoms with van der Waals surface area (Å²) in [6.45, 7) is 2.03. The van der Waals surface area contributed by atoms with Crippen LogP contribution in [0.1, 0.15) is 41.8 Å². The first-order valence-corrected chi connectivity index (χ1v) is 8.59. The lowest BCUT2D eigenvalue weighted by Crippen LogP contribution is -2.27. The van der Waals surface area contributed by atoms with Crippen molar-refractivity contribution in [1.29, 1.82) is 0 Å². The van der Waals surface area contributed by atoms with Gasteiger partial charge in [-0.2, -0.15) is 0 Å². The Morgan fingerprint density at radius 2 is 2.17 bits per heavy atom. The van der Waals surface area contributed by atoms with Gasteiger partial charge in [-0.25, -0.2) is 4.98 Å². The van der Waals surface area contributed by atoms with Crippen molar-refractivity contribution in [2.75, 3.05) is 5.32 Å². The number of hydrogen-bond donors (Lipinski definition) is 2. The van der Waals surface area contributed by atoms with E-state index < -0.39 is 0 Å². The Bertz CT molecular complexity index is 659. The first-order valence-electron chi connectivity index (χ1n) is 7.77. The van der Waals surface area contributed by atoms with E-state index in [1.54, 1.807) is 11.3 Å². The second kappa shape index (κ2) is 7.90. The molecule has 0 aliphatic heterocycles. The molecule has 1 aliphatic rings. The van der Waals surface area contributed by atoms with Crippen LogP contribution >= 0.6 is 23.7 Å². The molecule has 1 aromatic heterocycles. The Morgan fingerprint density at radius 3 is 2.87 bits per heavy atom. The fourth-order valence-corrected chi connectivity index (χ4v) is 4.01. The fraction of sp³-hybridized carbons (Fsp3) is 0.412. The van der Waals surface area contributed by atoms with Crippen LogP contribution in [0, 0.1) is 0 Å². The smallest absolute Gasteiger partial charge is 0.233 e. The van der Waals surface area contributed by atoms with E-state index in [-0.39, 0.29) is 30.3 Å². The number of hydrogen-bond acceptors (Lipinski definition) is 4. The highest BCUT2D eigenvalue weighted by Gasteiger charge is 2.23. The summed E-state index contributed by atoms with van der Waals surface area (Å²) in [6, 6.07) is 10.1. The van der Waals surface area contributed by atoms with E-state index >= 15 is 0 Å². The molecule has 1 heterocycles. The van der Waals surface area contributed by atoms with Crippen molar-refractivity contribution in [2.45, 2.75) is 44.6 Å². The van der Waals surface area contributed by atoms with Gasteiger partial charge in [0.05, 0.1) is 11.6 Å². The molecule has 23 heavy (non-hydrogen) atoms. The number of aromatic nitrogens is 1. The summed E-state index contributed by atoms with van der Waals surface area (Å²) < 4.78 is 0. The van der Waals surface area contributed by atoms with Crippen molar-refractivity contribution in [1.82, 2.24) is 4.98 Å². The number of benzene rings is 1. The number of halogens is 1. The van der Waals surface area contributed by atoms with Gasteiger partial charge in [-0.1, -0.05) is 37.3 Å².